The highest BCUT2D eigenvalue weighted by Crippen LogP contribution is 2.29. The van der Waals surface area contributed by atoms with Crippen LogP contribution in [0.15, 0.2) is 41.5 Å². The average Bonchev–Trinajstić information content (AvgIpc) is 3.11. The van der Waals surface area contributed by atoms with Crippen molar-refractivity contribution in [1.82, 2.24) is 20.1 Å². The molecular weight excluding hydrogens is 344 g/mol. The number of aromatic nitrogens is 1. The molecule has 26 heavy (non-hydrogen) atoms. The topological polar surface area (TPSA) is 47.0 Å². The summed E-state index contributed by atoms with van der Waals surface area (Å²) in [6.07, 6.45) is 5.27. The van der Waals surface area contributed by atoms with Crippen molar-refractivity contribution in [2.24, 2.45) is 4.99 Å². The van der Waals surface area contributed by atoms with Crippen LogP contribution in [0.1, 0.15) is 6.42 Å². The summed E-state index contributed by atoms with van der Waals surface area (Å²) in [5, 5.41) is 4.48. The first kappa shape index (κ1) is 17.5. The van der Waals surface area contributed by atoms with Crippen LogP contribution in [-0.2, 0) is 0 Å². The molecule has 7 heteroatoms. The fourth-order valence-electron chi connectivity index (χ4n) is 3.27. The van der Waals surface area contributed by atoms with Gasteiger partial charge in [0, 0.05) is 38.9 Å². The van der Waals surface area contributed by atoms with Gasteiger partial charge in [0.25, 0.3) is 0 Å². The monoisotopic (exact) mass is 370 g/mol. The van der Waals surface area contributed by atoms with E-state index in [1.807, 2.05) is 6.07 Å². The molecule has 0 unspecified atom stereocenters. The van der Waals surface area contributed by atoms with Crippen molar-refractivity contribution >= 4 is 32.6 Å². The van der Waals surface area contributed by atoms with Crippen LogP contribution in [0.25, 0.3) is 10.2 Å². The van der Waals surface area contributed by atoms with Gasteiger partial charge in [-0.25, -0.2) is 9.98 Å². The molecule has 3 heterocycles. The first-order valence-electron chi connectivity index (χ1n) is 9.30. The van der Waals surface area contributed by atoms with Crippen LogP contribution >= 0.6 is 11.3 Å². The molecule has 0 atom stereocenters. The van der Waals surface area contributed by atoms with E-state index < -0.39 is 0 Å². The average molecular weight is 371 g/mol. The Balaban J connectivity index is 1.32. The van der Waals surface area contributed by atoms with E-state index in [0.717, 1.165) is 42.7 Å². The number of para-hydroxylation sites is 1. The fraction of sp³-hybridized carbons (Fsp3) is 0.474. The Kier molecular flexibility index (Phi) is 5.48. The van der Waals surface area contributed by atoms with Gasteiger partial charge < -0.3 is 15.1 Å². The number of piperazine rings is 1. The van der Waals surface area contributed by atoms with Crippen molar-refractivity contribution in [2.75, 3.05) is 57.8 Å². The van der Waals surface area contributed by atoms with Gasteiger partial charge in [-0.2, -0.15) is 0 Å². The molecule has 2 aromatic rings. The largest absolute Gasteiger partial charge is 0.356 e. The smallest absolute Gasteiger partial charge is 0.204 e. The number of aliphatic imine (C=N–C) groups is 1. The van der Waals surface area contributed by atoms with E-state index in [4.69, 9.17) is 4.98 Å². The van der Waals surface area contributed by atoms with Crippen LogP contribution in [0.4, 0.5) is 5.13 Å². The quantitative estimate of drug-likeness (QED) is 0.818. The van der Waals surface area contributed by atoms with Crippen molar-refractivity contribution in [3.8, 4) is 0 Å². The molecule has 0 amide bonds. The minimum atomic E-state index is 0.724. The predicted molar refractivity (Wildman–Crippen MR) is 110 cm³/mol. The molecule has 2 aliphatic rings. The molecule has 1 saturated heterocycles. The highest BCUT2D eigenvalue weighted by molar-refractivity contribution is 7.22. The van der Waals surface area contributed by atoms with E-state index in [-0.39, 0.29) is 0 Å². The highest BCUT2D eigenvalue weighted by atomic mass is 32.1. The van der Waals surface area contributed by atoms with Crippen LogP contribution < -0.4 is 10.2 Å². The van der Waals surface area contributed by atoms with Crippen LogP contribution in [0, 0.1) is 0 Å². The second-order valence-corrected chi connectivity index (χ2v) is 7.82. The van der Waals surface area contributed by atoms with Gasteiger partial charge in [0.2, 0.25) is 5.96 Å². The van der Waals surface area contributed by atoms with Gasteiger partial charge in [-0.3, -0.25) is 4.90 Å². The van der Waals surface area contributed by atoms with Crippen molar-refractivity contribution in [1.29, 1.82) is 0 Å². The van der Waals surface area contributed by atoms with Gasteiger partial charge in [-0.1, -0.05) is 23.5 Å². The summed E-state index contributed by atoms with van der Waals surface area (Å²) in [6, 6.07) is 8.26. The number of fused-ring (bicyclic) bond motifs is 1. The van der Waals surface area contributed by atoms with E-state index in [9.17, 15) is 0 Å². The van der Waals surface area contributed by atoms with Crippen molar-refractivity contribution in [2.45, 2.75) is 6.42 Å². The molecule has 0 saturated carbocycles. The molecule has 1 aromatic carbocycles. The number of likely N-dealkylation sites (N-methyl/N-ethyl adjacent to an activating group) is 1. The van der Waals surface area contributed by atoms with Gasteiger partial charge >= 0.3 is 0 Å². The number of nitrogens with zero attached hydrogens (tertiary/aromatic N) is 5. The van der Waals surface area contributed by atoms with Crippen molar-refractivity contribution in [3.05, 3.63) is 36.5 Å². The lowest BCUT2D eigenvalue weighted by atomic mass is 10.3. The molecule has 1 fully saturated rings. The van der Waals surface area contributed by atoms with Gasteiger partial charge in [-0.15, -0.1) is 0 Å². The third kappa shape index (κ3) is 4.06. The molecule has 1 N–H and O–H groups in total. The predicted octanol–water partition coefficient (Wildman–Crippen LogP) is 2.21. The summed E-state index contributed by atoms with van der Waals surface area (Å²) in [5.41, 5.74) is 1.04. The lowest BCUT2D eigenvalue weighted by Crippen LogP contribution is -2.45. The first-order chi connectivity index (χ1) is 12.8. The number of guanidine groups is 1. The Labute approximate surface area is 158 Å². The molecule has 4 rings (SSSR count). The molecule has 0 bridgehead atoms. The number of benzene rings is 1. The van der Waals surface area contributed by atoms with E-state index in [1.165, 1.54) is 30.9 Å². The maximum atomic E-state index is 4.75. The number of hydrogen-bond acceptors (Lipinski definition) is 7. The zero-order valence-corrected chi connectivity index (χ0v) is 16.1. The Morgan fingerprint density at radius 3 is 2.85 bits per heavy atom. The fourth-order valence-corrected chi connectivity index (χ4v) is 4.22. The second kappa shape index (κ2) is 8.16. The minimum Gasteiger partial charge on any atom is -0.356 e. The molecular formula is C19H26N6S. The SMILES string of the molecule is CN1CCN(CCCNC2=NCC=CN2c2nc3ccccc3s2)CC1. The number of thiazole rings is 1. The Hall–Kier alpha value is -1.96. The van der Waals surface area contributed by atoms with E-state index in [1.54, 1.807) is 11.3 Å². The summed E-state index contributed by atoms with van der Waals surface area (Å²) in [5.74, 6) is 0.907. The molecule has 0 aliphatic carbocycles. The van der Waals surface area contributed by atoms with Crippen molar-refractivity contribution < 1.29 is 0 Å². The summed E-state index contributed by atoms with van der Waals surface area (Å²) in [7, 11) is 2.20. The molecule has 0 radical (unpaired) electrons. The third-order valence-electron chi connectivity index (χ3n) is 4.85. The van der Waals surface area contributed by atoms with Gasteiger partial charge in [-0.05, 0) is 38.2 Å². The van der Waals surface area contributed by atoms with Crippen LogP contribution in [0.2, 0.25) is 0 Å². The lowest BCUT2D eigenvalue weighted by Gasteiger charge is -2.32. The van der Waals surface area contributed by atoms with Crippen LogP contribution in [0.3, 0.4) is 0 Å². The lowest BCUT2D eigenvalue weighted by molar-refractivity contribution is 0.153. The number of hydrogen-bond donors (Lipinski definition) is 1. The maximum Gasteiger partial charge on any atom is 0.204 e. The number of nitrogens with one attached hydrogen (secondary N) is 1. The standard InChI is InChI=1S/C19H26N6S/c1-23-12-14-24(15-13-23)10-4-8-20-18-21-9-5-11-25(18)19-22-16-6-2-3-7-17(16)26-19/h2-3,5-7,11H,4,8-10,12-15H2,1H3,(H,20,21). The van der Waals surface area contributed by atoms with E-state index in [2.05, 4.69) is 62.5 Å². The summed E-state index contributed by atoms with van der Waals surface area (Å²) in [6.45, 7) is 7.51. The van der Waals surface area contributed by atoms with Gasteiger partial charge in [0.1, 0.15) is 0 Å². The van der Waals surface area contributed by atoms with E-state index >= 15 is 0 Å². The van der Waals surface area contributed by atoms with E-state index in [0.29, 0.717) is 0 Å². The number of rotatable bonds is 5. The molecule has 6 nitrogen and oxygen atoms in total. The third-order valence-corrected chi connectivity index (χ3v) is 5.88. The minimum absolute atomic E-state index is 0.724. The summed E-state index contributed by atoms with van der Waals surface area (Å²) in [4.78, 5) is 16.4. The van der Waals surface area contributed by atoms with Crippen LogP contribution in [-0.4, -0.2) is 73.6 Å². The first-order valence-corrected chi connectivity index (χ1v) is 10.1. The van der Waals surface area contributed by atoms with Gasteiger partial charge in [0.15, 0.2) is 5.13 Å². The molecule has 138 valence electrons. The van der Waals surface area contributed by atoms with Gasteiger partial charge in [0.05, 0.1) is 16.8 Å². The Morgan fingerprint density at radius 1 is 1.15 bits per heavy atom. The molecule has 1 aromatic heterocycles. The zero-order valence-electron chi connectivity index (χ0n) is 15.3. The van der Waals surface area contributed by atoms with Crippen LogP contribution in [0.5, 0.6) is 0 Å². The summed E-state index contributed by atoms with van der Waals surface area (Å²) >= 11 is 1.70. The Morgan fingerprint density at radius 2 is 2.00 bits per heavy atom. The normalized spacial score (nSPS) is 19.1. The summed E-state index contributed by atoms with van der Waals surface area (Å²) < 4.78 is 1.20. The second-order valence-electron chi connectivity index (χ2n) is 6.81. The highest BCUT2D eigenvalue weighted by Gasteiger charge is 2.18. The number of anilines is 1. The maximum absolute atomic E-state index is 4.75. The zero-order chi connectivity index (χ0) is 17.8. The Bertz CT molecular complexity index is 757. The van der Waals surface area contributed by atoms with Crippen molar-refractivity contribution in [3.63, 3.8) is 0 Å². The molecule has 0 spiro atoms. The molecule has 2 aliphatic heterocycles.